The summed E-state index contributed by atoms with van der Waals surface area (Å²) in [6, 6.07) is 6.34. The fourth-order valence-electron chi connectivity index (χ4n) is 3.43. The molecule has 0 aliphatic carbocycles. The van der Waals surface area contributed by atoms with Crippen molar-refractivity contribution in [2.45, 2.75) is 19.9 Å². The van der Waals surface area contributed by atoms with Gasteiger partial charge in [0.15, 0.2) is 0 Å². The van der Waals surface area contributed by atoms with Crippen molar-refractivity contribution in [3.63, 3.8) is 0 Å². The number of nitrogens with zero attached hydrogens (tertiary/aromatic N) is 4. The van der Waals surface area contributed by atoms with Crippen LogP contribution in [0.15, 0.2) is 43.0 Å². The van der Waals surface area contributed by atoms with E-state index < -0.39 is 0 Å². The van der Waals surface area contributed by atoms with Crippen LogP contribution in [-0.4, -0.2) is 38.5 Å². The van der Waals surface area contributed by atoms with Crippen LogP contribution in [0, 0.1) is 11.8 Å². The number of aromatic nitrogens is 4. The molecule has 0 amide bonds. The van der Waals surface area contributed by atoms with E-state index in [1.54, 1.807) is 12.4 Å². The first-order valence-electron chi connectivity index (χ1n) is 8.44. The highest BCUT2D eigenvalue weighted by molar-refractivity contribution is 5.60. The normalized spacial score (nSPS) is 20.8. The molecule has 2 N–H and O–H groups in total. The molecule has 1 aliphatic rings. The number of pyridine rings is 1. The lowest BCUT2D eigenvalue weighted by atomic mass is 9.91. The molecule has 124 valence electrons. The van der Waals surface area contributed by atoms with Crippen molar-refractivity contribution in [3.05, 3.63) is 43.0 Å². The van der Waals surface area contributed by atoms with Crippen LogP contribution >= 0.6 is 0 Å². The zero-order chi connectivity index (χ0) is 16.5. The Balaban J connectivity index is 1.62. The Morgan fingerprint density at radius 2 is 2.12 bits per heavy atom. The molecule has 0 bridgehead atoms. The fraction of sp³-hybridized carbons (Fsp3) is 0.389. The van der Waals surface area contributed by atoms with Gasteiger partial charge < -0.3 is 10.6 Å². The summed E-state index contributed by atoms with van der Waals surface area (Å²) >= 11 is 0. The first kappa shape index (κ1) is 15.1. The Labute approximate surface area is 141 Å². The van der Waals surface area contributed by atoms with Crippen molar-refractivity contribution >= 4 is 11.5 Å². The van der Waals surface area contributed by atoms with Gasteiger partial charge in [-0.1, -0.05) is 19.9 Å². The van der Waals surface area contributed by atoms with Gasteiger partial charge in [0.05, 0.1) is 24.3 Å². The molecular weight excluding hydrogens is 300 g/mol. The average Bonchev–Trinajstić information content (AvgIpc) is 3.21. The van der Waals surface area contributed by atoms with Crippen LogP contribution in [0.25, 0.3) is 17.0 Å². The van der Waals surface area contributed by atoms with Crippen molar-refractivity contribution in [3.8, 4) is 11.4 Å². The van der Waals surface area contributed by atoms with E-state index in [1.807, 2.05) is 35.0 Å². The molecule has 2 unspecified atom stereocenters. The minimum absolute atomic E-state index is 0.386. The molecule has 1 aliphatic heterocycles. The average molecular weight is 322 g/mol. The summed E-state index contributed by atoms with van der Waals surface area (Å²) in [5.74, 6) is 2.05. The second kappa shape index (κ2) is 6.20. The van der Waals surface area contributed by atoms with Crippen molar-refractivity contribution < 1.29 is 0 Å². The third-order valence-electron chi connectivity index (χ3n) is 4.76. The van der Waals surface area contributed by atoms with Gasteiger partial charge in [0.25, 0.3) is 0 Å². The lowest BCUT2D eigenvalue weighted by molar-refractivity contribution is 0.394. The summed E-state index contributed by atoms with van der Waals surface area (Å²) in [6.07, 6.45) is 7.42. The third kappa shape index (κ3) is 2.73. The number of imidazole rings is 1. The van der Waals surface area contributed by atoms with Crippen molar-refractivity contribution in [1.82, 2.24) is 24.7 Å². The smallest absolute Gasteiger partial charge is 0.145 e. The number of hydrogen-bond acceptors (Lipinski definition) is 5. The van der Waals surface area contributed by atoms with Crippen LogP contribution in [0.5, 0.6) is 0 Å². The molecule has 4 rings (SSSR count). The summed E-state index contributed by atoms with van der Waals surface area (Å²) in [6.45, 7) is 6.56. The van der Waals surface area contributed by atoms with Crippen LogP contribution in [-0.2, 0) is 0 Å². The SMILES string of the molecule is CC(C)C1CNCC1Nc1cncc(-c2cnc3ccccn23)n1. The Hall–Kier alpha value is -2.47. The topological polar surface area (TPSA) is 67.1 Å². The molecule has 3 aromatic rings. The monoisotopic (exact) mass is 322 g/mol. The molecule has 2 atom stereocenters. The predicted octanol–water partition coefficient (Wildman–Crippen LogP) is 2.45. The number of nitrogens with one attached hydrogen (secondary N) is 2. The fourth-order valence-corrected chi connectivity index (χ4v) is 3.43. The van der Waals surface area contributed by atoms with Gasteiger partial charge in [-0.05, 0) is 24.0 Å². The molecule has 4 heterocycles. The van der Waals surface area contributed by atoms with E-state index in [1.165, 1.54) is 0 Å². The molecule has 1 fully saturated rings. The molecule has 1 saturated heterocycles. The summed E-state index contributed by atoms with van der Waals surface area (Å²) < 4.78 is 2.03. The van der Waals surface area contributed by atoms with Gasteiger partial charge in [-0.3, -0.25) is 9.38 Å². The first-order valence-corrected chi connectivity index (χ1v) is 8.44. The zero-order valence-corrected chi connectivity index (χ0v) is 14.0. The minimum atomic E-state index is 0.386. The Morgan fingerprint density at radius 3 is 3.00 bits per heavy atom. The van der Waals surface area contributed by atoms with Gasteiger partial charge in [0.1, 0.15) is 17.2 Å². The third-order valence-corrected chi connectivity index (χ3v) is 4.76. The maximum atomic E-state index is 4.76. The van der Waals surface area contributed by atoms with E-state index in [-0.39, 0.29) is 0 Å². The molecule has 0 saturated carbocycles. The van der Waals surface area contributed by atoms with E-state index in [2.05, 4.69) is 34.4 Å². The summed E-state index contributed by atoms with van der Waals surface area (Å²) in [5, 5.41) is 7.02. The van der Waals surface area contributed by atoms with Gasteiger partial charge in [0.2, 0.25) is 0 Å². The van der Waals surface area contributed by atoms with E-state index in [0.717, 1.165) is 35.9 Å². The maximum Gasteiger partial charge on any atom is 0.145 e. The van der Waals surface area contributed by atoms with Crippen molar-refractivity contribution in [2.75, 3.05) is 18.4 Å². The number of hydrogen-bond donors (Lipinski definition) is 2. The second-order valence-corrected chi connectivity index (χ2v) is 6.68. The quantitative estimate of drug-likeness (QED) is 0.772. The largest absolute Gasteiger partial charge is 0.364 e. The highest BCUT2D eigenvalue weighted by atomic mass is 15.1. The zero-order valence-electron chi connectivity index (χ0n) is 14.0. The van der Waals surface area contributed by atoms with Crippen LogP contribution in [0.3, 0.4) is 0 Å². The number of rotatable bonds is 4. The molecule has 6 heteroatoms. The molecule has 6 nitrogen and oxygen atoms in total. The summed E-state index contributed by atoms with van der Waals surface area (Å²) in [7, 11) is 0. The predicted molar refractivity (Wildman–Crippen MR) is 94.8 cm³/mol. The molecule has 3 aromatic heterocycles. The van der Waals surface area contributed by atoms with Crippen molar-refractivity contribution in [2.24, 2.45) is 11.8 Å². The van der Waals surface area contributed by atoms with E-state index >= 15 is 0 Å². The van der Waals surface area contributed by atoms with Gasteiger partial charge in [0, 0.05) is 25.3 Å². The first-order chi connectivity index (χ1) is 11.7. The number of fused-ring (bicyclic) bond motifs is 1. The van der Waals surface area contributed by atoms with Gasteiger partial charge in [-0.25, -0.2) is 9.97 Å². The molecular formula is C18H22N6. The lowest BCUT2D eigenvalue weighted by Gasteiger charge is -2.23. The Kier molecular flexibility index (Phi) is 3.90. The second-order valence-electron chi connectivity index (χ2n) is 6.68. The molecule has 0 aromatic carbocycles. The lowest BCUT2D eigenvalue weighted by Crippen LogP contribution is -2.31. The van der Waals surface area contributed by atoms with Crippen LogP contribution in [0.2, 0.25) is 0 Å². The van der Waals surface area contributed by atoms with Gasteiger partial charge in [-0.15, -0.1) is 0 Å². The summed E-state index contributed by atoms with van der Waals surface area (Å²) in [5.41, 5.74) is 2.69. The Morgan fingerprint density at radius 1 is 1.21 bits per heavy atom. The minimum Gasteiger partial charge on any atom is -0.364 e. The highest BCUT2D eigenvalue weighted by Gasteiger charge is 2.29. The summed E-state index contributed by atoms with van der Waals surface area (Å²) in [4.78, 5) is 13.6. The molecule has 0 spiro atoms. The molecule has 0 radical (unpaired) electrons. The van der Waals surface area contributed by atoms with E-state index in [0.29, 0.717) is 17.9 Å². The van der Waals surface area contributed by atoms with E-state index in [4.69, 9.17) is 4.98 Å². The van der Waals surface area contributed by atoms with Crippen LogP contribution in [0.4, 0.5) is 5.82 Å². The van der Waals surface area contributed by atoms with Gasteiger partial charge >= 0.3 is 0 Å². The van der Waals surface area contributed by atoms with E-state index in [9.17, 15) is 0 Å². The standard InChI is InChI=1S/C18H22N6/c1-12(2)13-7-19-8-14(13)22-17-11-20-9-15(23-17)16-10-21-18-5-3-4-6-24(16)18/h3-6,9-14,19H,7-8H2,1-2H3,(H,22,23). The van der Waals surface area contributed by atoms with Crippen LogP contribution < -0.4 is 10.6 Å². The maximum absolute atomic E-state index is 4.76. The van der Waals surface area contributed by atoms with Gasteiger partial charge in [-0.2, -0.15) is 0 Å². The van der Waals surface area contributed by atoms with Crippen LogP contribution in [0.1, 0.15) is 13.8 Å². The van der Waals surface area contributed by atoms with Crippen molar-refractivity contribution in [1.29, 1.82) is 0 Å². The highest BCUT2D eigenvalue weighted by Crippen LogP contribution is 2.23. The Bertz CT molecular complexity index is 840. The molecule has 24 heavy (non-hydrogen) atoms. The number of anilines is 1.